The van der Waals surface area contributed by atoms with Gasteiger partial charge >= 0.3 is 25.0 Å². The minimum absolute atomic E-state index is 0.0617. The summed E-state index contributed by atoms with van der Waals surface area (Å²) in [5, 5.41) is 10.8. The van der Waals surface area contributed by atoms with Crippen LogP contribution in [-0.4, -0.2) is 70.2 Å². The summed E-state index contributed by atoms with van der Waals surface area (Å²) in [6.07, 6.45) is 5.32. The number of hydrogen-bond acceptors (Lipinski definition) is 12. The molecule has 2 N–H and O–H groups in total. The fraction of sp³-hybridized carbons (Fsp3) is 0.154. The second-order valence-corrected chi connectivity index (χ2v) is 8.76. The molecule has 1 aromatic carbocycles. The highest BCUT2D eigenvalue weighted by Gasteiger charge is 2.23. The Hall–Kier alpha value is -5.31. The van der Waals surface area contributed by atoms with Gasteiger partial charge in [0.15, 0.2) is 0 Å². The molecule has 0 saturated heterocycles. The smallest absolute Gasteiger partial charge is 0.409 e. The van der Waals surface area contributed by atoms with Crippen LogP contribution in [0, 0.1) is 5.82 Å². The number of esters is 2. The molecule has 0 saturated carbocycles. The summed E-state index contributed by atoms with van der Waals surface area (Å²) in [5.41, 5.74) is 1.27. The SMILES string of the molecule is COC(=O)c1cncc(Oc2nc(Oc3cncc(C(=O)OC)c3)c3c(n2)[nH]c2c(N(C)B(C)O)cc(F)cc23)c1. The Kier molecular flexibility index (Phi) is 7.35. The van der Waals surface area contributed by atoms with E-state index < -0.39 is 24.8 Å². The number of aromatic amines is 1. The number of rotatable bonds is 8. The second kappa shape index (κ2) is 11.1. The number of nitrogens with zero attached hydrogens (tertiary/aromatic N) is 5. The van der Waals surface area contributed by atoms with Crippen molar-refractivity contribution in [2.24, 2.45) is 0 Å². The summed E-state index contributed by atoms with van der Waals surface area (Å²) in [6, 6.07) is 5.14. The summed E-state index contributed by atoms with van der Waals surface area (Å²) in [4.78, 5) is 45.4. The Bertz CT molecular complexity index is 1800. The van der Waals surface area contributed by atoms with Crippen LogP contribution in [-0.2, 0) is 9.47 Å². The van der Waals surface area contributed by atoms with Gasteiger partial charge in [-0.1, -0.05) is 0 Å². The standard InChI is InChI=1S/C26H22BFN6O7/c1-27(37)34(2)19-8-15(28)7-18-20-22(31-21(18)19)32-26(41-17-6-14(10-30-12-17)25(36)39-4)33-23(20)40-16-5-13(9-29-11-16)24(35)38-3/h5-12,37H,1-4H3,(H,31,32,33). The van der Waals surface area contributed by atoms with Crippen LogP contribution in [0.5, 0.6) is 23.4 Å². The third-order valence-electron chi connectivity index (χ3n) is 6.08. The Morgan fingerprint density at radius 3 is 2.12 bits per heavy atom. The van der Waals surface area contributed by atoms with Gasteiger partial charge in [0.05, 0.1) is 54.3 Å². The number of benzene rings is 1. The number of fused-ring (bicyclic) bond motifs is 3. The summed E-state index contributed by atoms with van der Waals surface area (Å²) in [5.74, 6) is -1.63. The van der Waals surface area contributed by atoms with Crippen LogP contribution in [0.4, 0.5) is 10.1 Å². The molecule has 4 aromatic heterocycles. The average Bonchev–Trinajstić information content (AvgIpc) is 3.34. The van der Waals surface area contributed by atoms with Crippen molar-refractivity contribution in [3.8, 4) is 23.4 Å². The van der Waals surface area contributed by atoms with Crippen molar-refractivity contribution in [2.45, 2.75) is 6.82 Å². The minimum Gasteiger partial charge on any atom is -0.465 e. The molecule has 15 heteroatoms. The fourth-order valence-corrected chi connectivity index (χ4v) is 4.02. The van der Waals surface area contributed by atoms with Crippen LogP contribution in [0.3, 0.4) is 0 Å². The van der Waals surface area contributed by atoms with E-state index in [0.29, 0.717) is 16.6 Å². The first-order valence-electron chi connectivity index (χ1n) is 12.0. The van der Waals surface area contributed by atoms with Crippen LogP contribution in [0.25, 0.3) is 21.9 Å². The third-order valence-corrected chi connectivity index (χ3v) is 6.08. The zero-order chi connectivity index (χ0) is 29.3. The molecule has 5 rings (SSSR count). The number of ether oxygens (including phenoxy) is 4. The number of carbonyl (C=O) groups excluding carboxylic acids is 2. The zero-order valence-electron chi connectivity index (χ0n) is 22.2. The van der Waals surface area contributed by atoms with Crippen LogP contribution in [0.15, 0.2) is 49.1 Å². The number of anilines is 1. The van der Waals surface area contributed by atoms with Gasteiger partial charge in [-0.2, -0.15) is 9.97 Å². The number of nitrogens with one attached hydrogen (secondary N) is 1. The number of methoxy groups -OCH3 is 2. The van der Waals surface area contributed by atoms with Crippen LogP contribution in [0.1, 0.15) is 20.7 Å². The third kappa shape index (κ3) is 5.42. The molecule has 208 valence electrons. The van der Waals surface area contributed by atoms with E-state index >= 15 is 0 Å². The molecule has 0 unspecified atom stereocenters. The molecule has 0 fully saturated rings. The first-order valence-corrected chi connectivity index (χ1v) is 12.0. The van der Waals surface area contributed by atoms with Crippen molar-refractivity contribution in [3.63, 3.8) is 0 Å². The van der Waals surface area contributed by atoms with Gasteiger partial charge in [0, 0.05) is 17.8 Å². The molecule has 4 heterocycles. The number of aromatic nitrogens is 5. The maximum absolute atomic E-state index is 14.8. The Labute approximate surface area is 232 Å². The van der Waals surface area contributed by atoms with E-state index in [-0.39, 0.29) is 45.5 Å². The Morgan fingerprint density at radius 2 is 1.54 bits per heavy atom. The lowest BCUT2D eigenvalue weighted by Crippen LogP contribution is -2.33. The van der Waals surface area contributed by atoms with E-state index in [1.807, 2.05) is 0 Å². The highest BCUT2D eigenvalue weighted by molar-refractivity contribution is 6.54. The molecule has 0 aliphatic carbocycles. The largest absolute Gasteiger partial charge is 0.465 e. The highest BCUT2D eigenvalue weighted by Crippen LogP contribution is 2.39. The monoisotopic (exact) mass is 560 g/mol. The highest BCUT2D eigenvalue weighted by atomic mass is 19.1. The van der Waals surface area contributed by atoms with Gasteiger partial charge in [0.2, 0.25) is 5.88 Å². The molecule has 0 atom stereocenters. The van der Waals surface area contributed by atoms with E-state index in [0.717, 1.165) is 0 Å². The van der Waals surface area contributed by atoms with Crippen LogP contribution >= 0.6 is 0 Å². The van der Waals surface area contributed by atoms with Crippen LogP contribution in [0.2, 0.25) is 6.82 Å². The summed E-state index contributed by atoms with van der Waals surface area (Å²) < 4.78 is 36.2. The van der Waals surface area contributed by atoms with Gasteiger partial charge in [-0.15, -0.1) is 0 Å². The molecule has 0 aliphatic rings. The van der Waals surface area contributed by atoms with E-state index in [9.17, 15) is 19.0 Å². The number of hydrogen-bond donors (Lipinski definition) is 2. The molecule has 41 heavy (non-hydrogen) atoms. The zero-order valence-corrected chi connectivity index (χ0v) is 22.2. The van der Waals surface area contributed by atoms with Gasteiger partial charge in [0.25, 0.3) is 0 Å². The number of carbonyl (C=O) groups is 2. The summed E-state index contributed by atoms with van der Waals surface area (Å²) >= 11 is 0. The number of pyridine rings is 2. The molecule has 0 aliphatic heterocycles. The van der Waals surface area contributed by atoms with E-state index in [4.69, 9.17) is 18.9 Å². The van der Waals surface area contributed by atoms with Crippen molar-refractivity contribution in [1.82, 2.24) is 24.9 Å². The van der Waals surface area contributed by atoms with Gasteiger partial charge in [-0.3, -0.25) is 9.97 Å². The lowest BCUT2D eigenvalue weighted by atomic mass is 9.85. The van der Waals surface area contributed by atoms with Gasteiger partial charge in [-0.25, -0.2) is 14.0 Å². The second-order valence-electron chi connectivity index (χ2n) is 8.76. The van der Waals surface area contributed by atoms with Gasteiger partial charge in [-0.05, 0) is 38.1 Å². The molecular weight excluding hydrogens is 538 g/mol. The Morgan fingerprint density at radius 1 is 0.927 bits per heavy atom. The van der Waals surface area contributed by atoms with E-state index in [1.54, 1.807) is 7.05 Å². The van der Waals surface area contributed by atoms with Crippen molar-refractivity contribution in [1.29, 1.82) is 0 Å². The minimum atomic E-state index is -0.936. The van der Waals surface area contributed by atoms with Crippen LogP contribution < -0.4 is 14.3 Å². The number of halogens is 1. The maximum Gasteiger partial charge on any atom is 0.409 e. The van der Waals surface area contributed by atoms with Crippen molar-refractivity contribution >= 4 is 46.6 Å². The first-order chi connectivity index (χ1) is 19.7. The predicted octanol–water partition coefficient (Wildman–Crippen LogP) is 3.74. The number of H-pyrrole nitrogens is 1. The van der Waals surface area contributed by atoms with Gasteiger partial charge < -0.3 is 33.8 Å². The van der Waals surface area contributed by atoms with Crippen molar-refractivity contribution < 1.29 is 38.0 Å². The lowest BCUT2D eigenvalue weighted by Gasteiger charge is -2.20. The molecule has 0 spiro atoms. The molecule has 5 aromatic rings. The van der Waals surface area contributed by atoms with Crippen molar-refractivity contribution in [3.05, 3.63) is 66.0 Å². The molecule has 0 bridgehead atoms. The lowest BCUT2D eigenvalue weighted by molar-refractivity contribution is 0.0591. The topological polar surface area (TPSA) is 162 Å². The predicted molar refractivity (Wildman–Crippen MR) is 145 cm³/mol. The average molecular weight is 560 g/mol. The van der Waals surface area contributed by atoms with Gasteiger partial charge in [0.1, 0.15) is 23.0 Å². The van der Waals surface area contributed by atoms with Crippen molar-refractivity contribution in [2.75, 3.05) is 26.1 Å². The summed E-state index contributed by atoms with van der Waals surface area (Å²) in [6.45, 7) is 1.54. The maximum atomic E-state index is 14.8. The van der Waals surface area contributed by atoms with E-state index in [2.05, 4.69) is 24.9 Å². The summed E-state index contributed by atoms with van der Waals surface area (Å²) in [7, 11) is 3.14. The molecule has 13 nitrogen and oxygen atoms in total. The van der Waals surface area contributed by atoms with E-state index in [1.165, 1.54) is 74.9 Å². The molecular formula is C26H22BFN6O7. The Balaban J connectivity index is 1.69. The fourth-order valence-electron chi connectivity index (χ4n) is 4.02. The quantitative estimate of drug-likeness (QED) is 0.209. The first kappa shape index (κ1) is 27.3. The normalized spacial score (nSPS) is 10.9. The molecule has 0 radical (unpaired) electrons. The molecule has 0 amide bonds.